The molecule has 1 heterocycles. The first-order chi connectivity index (χ1) is 8.34. The molecule has 84 valence electrons. The Morgan fingerprint density at radius 3 is 2.41 bits per heavy atom. The first kappa shape index (κ1) is 11.1. The number of benzene rings is 1. The molecule has 0 aliphatic heterocycles. The van der Waals surface area contributed by atoms with E-state index in [4.69, 9.17) is 4.42 Å². The van der Waals surface area contributed by atoms with E-state index in [1.807, 2.05) is 30.3 Å². The topological polar surface area (TPSA) is 30.2 Å². The number of ketones is 1. The number of carbonyl (C=O) groups excluding carboxylic acids is 1. The van der Waals surface area contributed by atoms with Gasteiger partial charge in [0.15, 0.2) is 5.78 Å². The van der Waals surface area contributed by atoms with E-state index in [1.54, 1.807) is 30.5 Å². The van der Waals surface area contributed by atoms with Gasteiger partial charge >= 0.3 is 0 Å². The molecule has 0 fully saturated rings. The van der Waals surface area contributed by atoms with Gasteiger partial charge in [0.1, 0.15) is 5.76 Å². The normalized spacial score (nSPS) is 11.3. The zero-order chi connectivity index (χ0) is 11.9. The van der Waals surface area contributed by atoms with Crippen molar-refractivity contribution in [1.29, 1.82) is 0 Å². The quantitative estimate of drug-likeness (QED) is 0.743. The van der Waals surface area contributed by atoms with Crippen LogP contribution in [0.1, 0.15) is 11.3 Å². The van der Waals surface area contributed by atoms with Crippen LogP contribution < -0.4 is 0 Å². The molecular weight excluding hydrogens is 212 g/mol. The van der Waals surface area contributed by atoms with E-state index in [0.717, 1.165) is 5.56 Å². The van der Waals surface area contributed by atoms with Gasteiger partial charge in [-0.2, -0.15) is 0 Å². The standard InChI is InChI=1S/C15H12O2/c16-14(10-11-15-7-4-12-17-15)9-8-13-5-2-1-3-6-13/h1-12H. The number of allylic oxidation sites excluding steroid dienone is 2. The van der Waals surface area contributed by atoms with E-state index in [-0.39, 0.29) is 5.78 Å². The smallest absolute Gasteiger partial charge is 0.178 e. The summed E-state index contributed by atoms with van der Waals surface area (Å²) in [5.41, 5.74) is 1.01. The summed E-state index contributed by atoms with van der Waals surface area (Å²) in [5, 5.41) is 0. The zero-order valence-corrected chi connectivity index (χ0v) is 9.24. The fourth-order valence-electron chi connectivity index (χ4n) is 1.35. The Morgan fingerprint density at radius 2 is 1.71 bits per heavy atom. The van der Waals surface area contributed by atoms with Gasteiger partial charge in [-0.15, -0.1) is 0 Å². The lowest BCUT2D eigenvalue weighted by Gasteiger charge is -1.89. The summed E-state index contributed by atoms with van der Waals surface area (Å²) in [5.74, 6) is 0.608. The molecule has 0 atom stereocenters. The molecule has 0 aliphatic carbocycles. The van der Waals surface area contributed by atoms with Crippen molar-refractivity contribution in [1.82, 2.24) is 0 Å². The molecule has 2 nitrogen and oxygen atoms in total. The van der Waals surface area contributed by atoms with Gasteiger partial charge in [-0.3, -0.25) is 4.79 Å². The van der Waals surface area contributed by atoms with Crippen LogP contribution in [0.3, 0.4) is 0 Å². The Bertz CT molecular complexity index is 519. The van der Waals surface area contributed by atoms with Crippen molar-refractivity contribution >= 4 is 17.9 Å². The summed E-state index contributed by atoms with van der Waals surface area (Å²) in [6, 6.07) is 13.3. The van der Waals surface area contributed by atoms with Crippen LogP contribution >= 0.6 is 0 Å². The summed E-state index contributed by atoms with van der Waals surface area (Å²) in [7, 11) is 0. The van der Waals surface area contributed by atoms with Crippen molar-refractivity contribution in [2.45, 2.75) is 0 Å². The van der Waals surface area contributed by atoms with Crippen LogP contribution in [0.4, 0.5) is 0 Å². The summed E-state index contributed by atoms with van der Waals surface area (Å²) in [6.45, 7) is 0. The lowest BCUT2D eigenvalue weighted by Crippen LogP contribution is -1.84. The Morgan fingerprint density at radius 1 is 0.941 bits per heavy atom. The Labute approximate surface area is 99.9 Å². The van der Waals surface area contributed by atoms with Crippen molar-refractivity contribution in [3.05, 3.63) is 72.2 Å². The lowest BCUT2D eigenvalue weighted by atomic mass is 10.2. The van der Waals surface area contributed by atoms with Crippen LogP contribution in [0, 0.1) is 0 Å². The van der Waals surface area contributed by atoms with Gasteiger partial charge in [0.25, 0.3) is 0 Å². The summed E-state index contributed by atoms with van der Waals surface area (Å²) in [4.78, 5) is 11.5. The molecular formula is C15H12O2. The maximum atomic E-state index is 11.5. The van der Waals surface area contributed by atoms with Crippen LogP contribution in [0.15, 0.2) is 65.3 Å². The number of hydrogen-bond donors (Lipinski definition) is 0. The summed E-state index contributed by atoms with van der Waals surface area (Å²) >= 11 is 0. The largest absolute Gasteiger partial charge is 0.465 e. The molecule has 0 radical (unpaired) electrons. The van der Waals surface area contributed by atoms with E-state index < -0.39 is 0 Å². The van der Waals surface area contributed by atoms with Gasteiger partial charge in [-0.25, -0.2) is 0 Å². The van der Waals surface area contributed by atoms with Crippen molar-refractivity contribution in [3.63, 3.8) is 0 Å². The van der Waals surface area contributed by atoms with E-state index in [0.29, 0.717) is 5.76 Å². The van der Waals surface area contributed by atoms with Gasteiger partial charge in [0.05, 0.1) is 6.26 Å². The molecule has 2 aromatic rings. The highest BCUT2D eigenvalue weighted by Crippen LogP contribution is 2.04. The molecule has 0 bridgehead atoms. The molecule has 2 heteroatoms. The van der Waals surface area contributed by atoms with Gasteiger partial charge < -0.3 is 4.42 Å². The SMILES string of the molecule is O=C(C=Cc1ccccc1)C=Cc1ccco1. The average molecular weight is 224 g/mol. The monoisotopic (exact) mass is 224 g/mol. The molecule has 2 rings (SSSR count). The first-order valence-corrected chi connectivity index (χ1v) is 5.33. The third kappa shape index (κ3) is 3.61. The minimum Gasteiger partial charge on any atom is -0.465 e. The van der Waals surface area contributed by atoms with Crippen molar-refractivity contribution in [3.8, 4) is 0 Å². The predicted molar refractivity (Wildman–Crippen MR) is 68.2 cm³/mol. The second-order valence-corrected chi connectivity index (χ2v) is 3.50. The van der Waals surface area contributed by atoms with Gasteiger partial charge in [0, 0.05) is 0 Å². The number of furan rings is 1. The van der Waals surface area contributed by atoms with Gasteiger partial charge in [-0.1, -0.05) is 36.4 Å². The molecule has 0 saturated carbocycles. The maximum absolute atomic E-state index is 11.5. The molecule has 17 heavy (non-hydrogen) atoms. The summed E-state index contributed by atoms with van der Waals surface area (Å²) in [6.07, 6.45) is 8.03. The van der Waals surface area contributed by atoms with Crippen LogP contribution in [0.25, 0.3) is 12.2 Å². The minimum atomic E-state index is -0.0646. The Kier molecular flexibility index (Phi) is 3.71. The third-order valence-corrected chi connectivity index (χ3v) is 2.19. The van der Waals surface area contributed by atoms with Crippen molar-refractivity contribution in [2.75, 3.05) is 0 Å². The molecule has 0 saturated heterocycles. The zero-order valence-electron chi connectivity index (χ0n) is 9.24. The molecule has 0 unspecified atom stereocenters. The second kappa shape index (κ2) is 5.66. The predicted octanol–water partition coefficient (Wildman–Crippen LogP) is 3.58. The molecule has 0 spiro atoms. The first-order valence-electron chi connectivity index (χ1n) is 5.33. The van der Waals surface area contributed by atoms with E-state index in [1.165, 1.54) is 12.2 Å². The van der Waals surface area contributed by atoms with Crippen molar-refractivity contribution in [2.24, 2.45) is 0 Å². The second-order valence-electron chi connectivity index (χ2n) is 3.50. The number of carbonyl (C=O) groups is 1. The van der Waals surface area contributed by atoms with E-state index in [9.17, 15) is 4.79 Å². The molecule has 0 N–H and O–H groups in total. The number of rotatable bonds is 4. The van der Waals surface area contributed by atoms with Gasteiger partial charge in [-0.05, 0) is 35.9 Å². The maximum Gasteiger partial charge on any atom is 0.178 e. The summed E-state index contributed by atoms with van der Waals surface area (Å²) < 4.78 is 5.08. The molecule has 0 amide bonds. The minimum absolute atomic E-state index is 0.0646. The third-order valence-electron chi connectivity index (χ3n) is 2.19. The van der Waals surface area contributed by atoms with Crippen molar-refractivity contribution < 1.29 is 9.21 Å². The fourth-order valence-corrected chi connectivity index (χ4v) is 1.35. The highest BCUT2D eigenvalue weighted by atomic mass is 16.3. The Balaban J connectivity index is 1.96. The van der Waals surface area contributed by atoms with E-state index >= 15 is 0 Å². The average Bonchev–Trinajstić information content (AvgIpc) is 2.88. The van der Waals surface area contributed by atoms with Crippen LogP contribution in [-0.2, 0) is 4.79 Å². The van der Waals surface area contributed by atoms with Crippen LogP contribution in [0.5, 0.6) is 0 Å². The molecule has 0 aliphatic rings. The molecule has 1 aromatic heterocycles. The molecule has 1 aromatic carbocycles. The van der Waals surface area contributed by atoms with Gasteiger partial charge in [0.2, 0.25) is 0 Å². The highest BCUT2D eigenvalue weighted by Gasteiger charge is 1.91. The van der Waals surface area contributed by atoms with Crippen LogP contribution in [0.2, 0.25) is 0 Å². The van der Waals surface area contributed by atoms with E-state index in [2.05, 4.69) is 0 Å². The fraction of sp³-hybridized carbons (Fsp3) is 0. The highest BCUT2D eigenvalue weighted by molar-refractivity contribution is 6.04. The number of hydrogen-bond acceptors (Lipinski definition) is 2. The Hall–Kier alpha value is -2.35. The lowest BCUT2D eigenvalue weighted by molar-refractivity contribution is -0.110. The van der Waals surface area contributed by atoms with Crippen LogP contribution in [-0.4, -0.2) is 5.78 Å².